The molecule has 0 N–H and O–H groups in total. The molecule has 0 bridgehead atoms. The molecule has 1 heterocycles. The molecule has 0 aliphatic heterocycles. The first-order valence-electron chi connectivity index (χ1n) is 9.77. The van der Waals surface area contributed by atoms with Crippen molar-refractivity contribution in [3.8, 4) is 11.5 Å². The van der Waals surface area contributed by atoms with Crippen LogP contribution in [0.15, 0.2) is 54.6 Å². The zero-order valence-electron chi connectivity index (χ0n) is 18.0. The molecule has 0 aliphatic rings. The maximum atomic E-state index is 13.4. The fourth-order valence-corrected chi connectivity index (χ4v) is 3.52. The van der Waals surface area contributed by atoms with Gasteiger partial charge >= 0.3 is 6.18 Å². The third-order valence-corrected chi connectivity index (χ3v) is 5.06. The van der Waals surface area contributed by atoms with Crippen molar-refractivity contribution >= 4 is 5.82 Å². The molecule has 2 aromatic carbocycles. The number of nitrogens with zero attached hydrogens (tertiary/aromatic N) is 2. The summed E-state index contributed by atoms with van der Waals surface area (Å²) in [5, 5.41) is 0. The molecular weight excluding hydrogens is 405 g/mol. The van der Waals surface area contributed by atoms with Gasteiger partial charge in [0.25, 0.3) is 0 Å². The van der Waals surface area contributed by atoms with E-state index >= 15 is 0 Å². The van der Waals surface area contributed by atoms with Crippen molar-refractivity contribution in [2.24, 2.45) is 0 Å². The summed E-state index contributed by atoms with van der Waals surface area (Å²) in [6.07, 6.45) is -4.43. The molecule has 1 aromatic heterocycles. The van der Waals surface area contributed by atoms with Crippen molar-refractivity contribution in [3.05, 3.63) is 82.5 Å². The van der Waals surface area contributed by atoms with Crippen LogP contribution in [0.2, 0.25) is 0 Å². The highest BCUT2D eigenvalue weighted by atomic mass is 19.4. The van der Waals surface area contributed by atoms with E-state index in [1.54, 1.807) is 14.2 Å². The van der Waals surface area contributed by atoms with Crippen LogP contribution in [-0.2, 0) is 19.3 Å². The summed E-state index contributed by atoms with van der Waals surface area (Å²) in [6.45, 7) is 3.83. The molecule has 0 saturated heterocycles. The van der Waals surface area contributed by atoms with Gasteiger partial charge in [0.1, 0.15) is 17.3 Å². The lowest BCUT2D eigenvalue weighted by atomic mass is 10.1. The lowest BCUT2D eigenvalue weighted by molar-refractivity contribution is -0.138. The number of aryl methyl sites for hydroxylation is 2. The summed E-state index contributed by atoms with van der Waals surface area (Å²) in [7, 11) is 3.20. The van der Waals surface area contributed by atoms with E-state index < -0.39 is 11.7 Å². The Morgan fingerprint density at radius 2 is 1.26 bits per heavy atom. The molecule has 0 atom stereocenters. The molecule has 0 spiro atoms. The van der Waals surface area contributed by atoms with Crippen molar-refractivity contribution in [2.45, 2.75) is 33.1 Å². The van der Waals surface area contributed by atoms with Gasteiger partial charge in [0.15, 0.2) is 0 Å². The molecule has 0 unspecified atom stereocenters. The standard InChI is InChI=1S/C24H25F3N2O2/c1-16-13-22(28-17(2)23(16)24(25,26)27)29(14-18-5-9-20(30-3)10-6-18)15-19-7-11-21(31-4)12-8-19/h5-13H,14-15H2,1-4H3. The van der Waals surface area contributed by atoms with Crippen LogP contribution in [0.3, 0.4) is 0 Å². The number of anilines is 1. The zero-order valence-corrected chi connectivity index (χ0v) is 18.0. The zero-order chi connectivity index (χ0) is 22.6. The first-order valence-corrected chi connectivity index (χ1v) is 9.77. The van der Waals surface area contributed by atoms with Crippen molar-refractivity contribution in [1.29, 1.82) is 0 Å². The van der Waals surface area contributed by atoms with Crippen molar-refractivity contribution < 1.29 is 22.6 Å². The van der Waals surface area contributed by atoms with Gasteiger partial charge in [-0.05, 0) is 60.9 Å². The normalized spacial score (nSPS) is 11.3. The molecule has 0 amide bonds. The molecule has 31 heavy (non-hydrogen) atoms. The van der Waals surface area contributed by atoms with Gasteiger partial charge in [0, 0.05) is 13.1 Å². The minimum atomic E-state index is -4.43. The van der Waals surface area contributed by atoms with E-state index in [1.165, 1.54) is 19.9 Å². The number of ether oxygens (including phenoxy) is 2. The molecule has 164 valence electrons. The molecule has 0 radical (unpaired) electrons. The maximum Gasteiger partial charge on any atom is 0.418 e. The van der Waals surface area contributed by atoms with Crippen LogP contribution in [0.4, 0.5) is 19.0 Å². The smallest absolute Gasteiger partial charge is 0.418 e. The summed E-state index contributed by atoms with van der Waals surface area (Å²) in [6, 6.07) is 16.7. The maximum absolute atomic E-state index is 13.4. The fourth-order valence-electron chi connectivity index (χ4n) is 3.52. The van der Waals surface area contributed by atoms with E-state index in [0.29, 0.717) is 18.9 Å². The third kappa shape index (κ3) is 5.48. The average Bonchev–Trinajstić information content (AvgIpc) is 2.72. The topological polar surface area (TPSA) is 34.6 Å². The van der Waals surface area contributed by atoms with E-state index in [1.807, 2.05) is 53.4 Å². The van der Waals surface area contributed by atoms with Gasteiger partial charge < -0.3 is 14.4 Å². The summed E-state index contributed by atoms with van der Waals surface area (Å²) >= 11 is 0. The predicted molar refractivity (Wildman–Crippen MR) is 115 cm³/mol. The molecule has 3 rings (SSSR count). The number of aromatic nitrogens is 1. The Morgan fingerprint density at radius 3 is 1.61 bits per heavy atom. The van der Waals surface area contributed by atoms with Crippen LogP contribution in [0.1, 0.15) is 27.9 Å². The Kier molecular flexibility index (Phi) is 6.73. The highest BCUT2D eigenvalue weighted by Gasteiger charge is 2.35. The first kappa shape index (κ1) is 22.5. The highest BCUT2D eigenvalue weighted by molar-refractivity contribution is 5.48. The highest BCUT2D eigenvalue weighted by Crippen LogP contribution is 2.35. The van der Waals surface area contributed by atoms with E-state index in [0.717, 1.165) is 22.6 Å². The lowest BCUT2D eigenvalue weighted by Gasteiger charge is -2.26. The number of benzene rings is 2. The number of pyridine rings is 1. The monoisotopic (exact) mass is 430 g/mol. The third-order valence-electron chi connectivity index (χ3n) is 5.06. The summed E-state index contributed by atoms with van der Waals surface area (Å²) < 4.78 is 50.6. The van der Waals surface area contributed by atoms with E-state index in [-0.39, 0.29) is 11.3 Å². The number of alkyl halides is 3. The van der Waals surface area contributed by atoms with Gasteiger partial charge in [-0.3, -0.25) is 0 Å². The second kappa shape index (κ2) is 9.29. The summed E-state index contributed by atoms with van der Waals surface area (Å²) in [5.74, 6) is 1.98. The van der Waals surface area contributed by atoms with Crippen LogP contribution in [-0.4, -0.2) is 19.2 Å². The Balaban J connectivity index is 1.97. The van der Waals surface area contributed by atoms with Crippen LogP contribution in [0.5, 0.6) is 11.5 Å². The van der Waals surface area contributed by atoms with Gasteiger partial charge in [-0.25, -0.2) is 4.98 Å². The van der Waals surface area contributed by atoms with Crippen molar-refractivity contribution in [1.82, 2.24) is 4.98 Å². The van der Waals surface area contributed by atoms with Gasteiger partial charge in [-0.15, -0.1) is 0 Å². The van der Waals surface area contributed by atoms with Gasteiger partial charge in [0.2, 0.25) is 0 Å². The molecule has 0 saturated carbocycles. The minimum Gasteiger partial charge on any atom is -0.497 e. The Labute approximate surface area is 180 Å². The number of hydrogen-bond donors (Lipinski definition) is 0. The van der Waals surface area contributed by atoms with Gasteiger partial charge in [-0.1, -0.05) is 24.3 Å². The predicted octanol–water partition coefficient (Wildman–Crippen LogP) is 5.94. The van der Waals surface area contributed by atoms with E-state index in [4.69, 9.17) is 9.47 Å². The quantitative estimate of drug-likeness (QED) is 0.465. The largest absolute Gasteiger partial charge is 0.497 e. The SMILES string of the molecule is COc1ccc(CN(Cc2ccc(OC)cc2)c2cc(C)c(C(F)(F)F)c(C)n2)cc1. The van der Waals surface area contributed by atoms with Crippen LogP contribution >= 0.6 is 0 Å². The first-order chi connectivity index (χ1) is 14.7. The van der Waals surface area contributed by atoms with E-state index in [2.05, 4.69) is 4.98 Å². The summed E-state index contributed by atoms with van der Waals surface area (Å²) in [4.78, 5) is 6.28. The van der Waals surface area contributed by atoms with Gasteiger partial charge in [0.05, 0.1) is 25.5 Å². The van der Waals surface area contributed by atoms with Gasteiger partial charge in [-0.2, -0.15) is 13.2 Å². The molecule has 4 nitrogen and oxygen atoms in total. The minimum absolute atomic E-state index is 0.0306. The molecule has 3 aromatic rings. The second-order valence-electron chi connectivity index (χ2n) is 7.31. The van der Waals surface area contributed by atoms with Crippen LogP contribution in [0, 0.1) is 13.8 Å². The molecule has 0 aliphatic carbocycles. The van der Waals surface area contributed by atoms with E-state index in [9.17, 15) is 13.2 Å². The fraction of sp³-hybridized carbons (Fsp3) is 0.292. The molecule has 7 heteroatoms. The number of hydrogen-bond acceptors (Lipinski definition) is 4. The van der Waals surface area contributed by atoms with Crippen molar-refractivity contribution in [3.63, 3.8) is 0 Å². The summed E-state index contributed by atoms with van der Waals surface area (Å²) in [5.41, 5.74) is 1.43. The average molecular weight is 430 g/mol. The van der Waals surface area contributed by atoms with Crippen LogP contribution in [0.25, 0.3) is 0 Å². The van der Waals surface area contributed by atoms with Crippen molar-refractivity contribution in [2.75, 3.05) is 19.1 Å². The number of rotatable bonds is 7. The Hall–Kier alpha value is -3.22. The molecular formula is C24H25F3N2O2. The molecule has 0 fully saturated rings. The Bertz CT molecular complexity index is 944. The number of methoxy groups -OCH3 is 2. The number of halogens is 3. The second-order valence-corrected chi connectivity index (χ2v) is 7.31. The Morgan fingerprint density at radius 1 is 0.806 bits per heavy atom. The lowest BCUT2D eigenvalue weighted by Crippen LogP contribution is -2.24. The van der Waals surface area contributed by atoms with Crippen LogP contribution < -0.4 is 14.4 Å².